The Morgan fingerprint density at radius 2 is 1.91 bits per heavy atom. The Morgan fingerprint density at radius 1 is 1.26 bits per heavy atom. The van der Waals surface area contributed by atoms with E-state index in [9.17, 15) is 13.5 Å². The molecule has 0 radical (unpaired) electrons. The zero-order valence-corrected chi connectivity index (χ0v) is 14.3. The van der Waals surface area contributed by atoms with Gasteiger partial charge in [0.05, 0.1) is 11.0 Å². The number of aliphatic hydroxyl groups is 1. The number of nitrogens with zero attached hydrogens (tertiary/aromatic N) is 1. The number of aromatic nitrogens is 1. The zero-order valence-electron chi connectivity index (χ0n) is 13.5. The number of hydrogen-bond acceptors (Lipinski definition) is 5. The van der Waals surface area contributed by atoms with E-state index in [-0.39, 0.29) is 11.4 Å². The van der Waals surface area contributed by atoms with E-state index in [4.69, 9.17) is 4.42 Å². The molecule has 0 aliphatic rings. The summed E-state index contributed by atoms with van der Waals surface area (Å²) in [5.74, 6) is 0.859. The van der Waals surface area contributed by atoms with Crippen LogP contribution in [0, 0.1) is 12.8 Å². The number of sulfonamides is 1. The lowest BCUT2D eigenvalue weighted by molar-refractivity contribution is 0.152. The lowest BCUT2D eigenvalue weighted by Crippen LogP contribution is -2.32. The van der Waals surface area contributed by atoms with Crippen LogP contribution >= 0.6 is 0 Å². The molecule has 0 amide bonds. The summed E-state index contributed by atoms with van der Waals surface area (Å²) in [6.07, 6.45) is 1.38. The lowest BCUT2D eigenvalue weighted by Gasteiger charge is -2.14. The van der Waals surface area contributed by atoms with Crippen molar-refractivity contribution in [3.63, 3.8) is 0 Å². The first-order chi connectivity index (χ1) is 10.8. The van der Waals surface area contributed by atoms with Crippen LogP contribution in [0.4, 0.5) is 0 Å². The van der Waals surface area contributed by atoms with Crippen LogP contribution in [0.3, 0.4) is 0 Å². The second-order valence-corrected chi connectivity index (χ2v) is 7.68. The Morgan fingerprint density at radius 3 is 2.43 bits per heavy atom. The van der Waals surface area contributed by atoms with Gasteiger partial charge in [0.1, 0.15) is 12.0 Å². The van der Waals surface area contributed by atoms with Gasteiger partial charge < -0.3 is 9.52 Å². The van der Waals surface area contributed by atoms with Gasteiger partial charge in [0.15, 0.2) is 5.89 Å². The smallest absolute Gasteiger partial charge is 0.240 e. The number of rotatable bonds is 7. The molecule has 1 heterocycles. The standard InChI is InChI=1S/C16H22N2O4S/c1-11(2)8-14(19)9-17-23(20,21)15-6-4-13(5-7-15)16-10-22-12(3)18-16/h4-7,10-11,14,17,19H,8-9H2,1-3H3. The SMILES string of the molecule is Cc1nc(-c2ccc(S(=O)(=O)NCC(O)CC(C)C)cc2)co1. The Bertz CT molecular complexity index is 736. The number of aliphatic hydroxyl groups excluding tert-OH is 1. The Balaban J connectivity index is 2.05. The van der Waals surface area contributed by atoms with E-state index in [1.807, 2.05) is 13.8 Å². The molecule has 6 nitrogen and oxygen atoms in total. The number of nitrogens with one attached hydrogen (secondary N) is 1. The van der Waals surface area contributed by atoms with Crippen LogP contribution in [0.1, 0.15) is 26.2 Å². The van der Waals surface area contributed by atoms with Crippen molar-refractivity contribution in [3.05, 3.63) is 36.4 Å². The van der Waals surface area contributed by atoms with Crippen LogP contribution in [-0.4, -0.2) is 31.2 Å². The average molecular weight is 338 g/mol. The van der Waals surface area contributed by atoms with Crippen LogP contribution in [-0.2, 0) is 10.0 Å². The molecule has 0 aliphatic heterocycles. The van der Waals surface area contributed by atoms with Crippen molar-refractivity contribution < 1.29 is 17.9 Å². The highest BCUT2D eigenvalue weighted by Crippen LogP contribution is 2.20. The molecule has 2 aromatic rings. The third-order valence-corrected chi connectivity index (χ3v) is 4.77. The Kier molecular flexibility index (Phi) is 5.56. The van der Waals surface area contributed by atoms with Gasteiger partial charge in [-0.05, 0) is 24.5 Å². The van der Waals surface area contributed by atoms with Crippen molar-refractivity contribution in [1.29, 1.82) is 0 Å². The molecular formula is C16H22N2O4S. The summed E-state index contributed by atoms with van der Waals surface area (Å²) in [5, 5.41) is 9.78. The predicted octanol–water partition coefficient (Wildman–Crippen LogP) is 2.34. The minimum absolute atomic E-state index is 0.00471. The summed E-state index contributed by atoms with van der Waals surface area (Å²) in [6.45, 7) is 5.70. The van der Waals surface area contributed by atoms with Crippen LogP contribution in [0.15, 0.2) is 39.8 Å². The zero-order chi connectivity index (χ0) is 17.0. The molecule has 1 aromatic heterocycles. The largest absolute Gasteiger partial charge is 0.449 e. The summed E-state index contributed by atoms with van der Waals surface area (Å²) >= 11 is 0. The molecule has 2 N–H and O–H groups in total. The number of benzene rings is 1. The van der Waals surface area contributed by atoms with Gasteiger partial charge in [0, 0.05) is 19.0 Å². The van der Waals surface area contributed by atoms with Gasteiger partial charge in [-0.1, -0.05) is 26.0 Å². The number of aryl methyl sites for hydroxylation is 1. The molecule has 1 aromatic carbocycles. The minimum Gasteiger partial charge on any atom is -0.449 e. The van der Waals surface area contributed by atoms with Gasteiger partial charge in [-0.15, -0.1) is 0 Å². The van der Waals surface area contributed by atoms with Crippen LogP contribution < -0.4 is 4.72 Å². The molecule has 126 valence electrons. The van der Waals surface area contributed by atoms with E-state index >= 15 is 0 Å². The van der Waals surface area contributed by atoms with Gasteiger partial charge in [0.2, 0.25) is 10.0 Å². The summed E-state index contributed by atoms with van der Waals surface area (Å²) in [5.41, 5.74) is 1.44. The fraction of sp³-hybridized carbons (Fsp3) is 0.438. The molecule has 0 saturated carbocycles. The van der Waals surface area contributed by atoms with Crippen LogP contribution in [0.5, 0.6) is 0 Å². The van der Waals surface area contributed by atoms with E-state index < -0.39 is 16.1 Å². The maximum atomic E-state index is 12.2. The molecule has 0 aliphatic carbocycles. The lowest BCUT2D eigenvalue weighted by atomic mass is 10.1. The van der Waals surface area contributed by atoms with E-state index in [1.165, 1.54) is 18.4 Å². The summed E-state index contributed by atoms with van der Waals surface area (Å²) in [7, 11) is -3.64. The second kappa shape index (κ2) is 7.25. The summed E-state index contributed by atoms with van der Waals surface area (Å²) in [6, 6.07) is 6.37. The summed E-state index contributed by atoms with van der Waals surface area (Å²) in [4.78, 5) is 4.35. The highest BCUT2D eigenvalue weighted by Gasteiger charge is 2.17. The number of hydrogen-bond donors (Lipinski definition) is 2. The first-order valence-corrected chi connectivity index (χ1v) is 8.96. The maximum Gasteiger partial charge on any atom is 0.240 e. The van der Waals surface area contributed by atoms with E-state index in [0.717, 1.165) is 5.56 Å². The molecule has 0 saturated heterocycles. The Labute approximate surface area is 136 Å². The van der Waals surface area contributed by atoms with E-state index in [0.29, 0.717) is 23.9 Å². The van der Waals surface area contributed by atoms with Crippen molar-refractivity contribution in [1.82, 2.24) is 9.71 Å². The first-order valence-electron chi connectivity index (χ1n) is 7.48. The third-order valence-electron chi connectivity index (χ3n) is 3.33. The van der Waals surface area contributed by atoms with E-state index in [1.54, 1.807) is 19.1 Å². The molecule has 0 fully saturated rings. The molecule has 2 rings (SSSR count). The fourth-order valence-corrected chi connectivity index (χ4v) is 3.29. The number of oxazole rings is 1. The van der Waals surface area contributed by atoms with Crippen molar-refractivity contribution in [2.45, 2.75) is 38.2 Å². The summed E-state index contributed by atoms with van der Waals surface area (Å²) < 4.78 is 32.0. The molecule has 0 bridgehead atoms. The van der Waals surface area contributed by atoms with Gasteiger partial charge in [-0.3, -0.25) is 0 Å². The highest BCUT2D eigenvalue weighted by atomic mass is 32.2. The molecular weight excluding hydrogens is 316 g/mol. The molecule has 1 atom stereocenters. The maximum absolute atomic E-state index is 12.2. The molecule has 0 spiro atoms. The van der Waals surface area contributed by atoms with Crippen molar-refractivity contribution >= 4 is 10.0 Å². The fourth-order valence-electron chi connectivity index (χ4n) is 2.22. The highest BCUT2D eigenvalue weighted by molar-refractivity contribution is 7.89. The molecule has 23 heavy (non-hydrogen) atoms. The molecule has 7 heteroatoms. The molecule has 1 unspecified atom stereocenters. The van der Waals surface area contributed by atoms with Crippen molar-refractivity contribution in [3.8, 4) is 11.3 Å². The normalized spacial score (nSPS) is 13.4. The average Bonchev–Trinajstić information content (AvgIpc) is 2.91. The van der Waals surface area contributed by atoms with Crippen molar-refractivity contribution in [2.75, 3.05) is 6.54 Å². The minimum atomic E-state index is -3.64. The quantitative estimate of drug-likeness (QED) is 0.808. The topological polar surface area (TPSA) is 92.4 Å². The van der Waals surface area contributed by atoms with E-state index in [2.05, 4.69) is 9.71 Å². The van der Waals surface area contributed by atoms with Gasteiger partial charge in [0.25, 0.3) is 0 Å². The van der Waals surface area contributed by atoms with Gasteiger partial charge in [-0.2, -0.15) is 0 Å². The van der Waals surface area contributed by atoms with Gasteiger partial charge >= 0.3 is 0 Å². The van der Waals surface area contributed by atoms with Gasteiger partial charge in [-0.25, -0.2) is 18.1 Å². The third kappa shape index (κ3) is 4.89. The van der Waals surface area contributed by atoms with Crippen LogP contribution in [0.2, 0.25) is 0 Å². The second-order valence-electron chi connectivity index (χ2n) is 5.91. The first kappa shape index (κ1) is 17.7. The van der Waals surface area contributed by atoms with Crippen LogP contribution in [0.25, 0.3) is 11.3 Å². The Hall–Kier alpha value is -1.70. The predicted molar refractivity (Wildman–Crippen MR) is 87.3 cm³/mol. The monoisotopic (exact) mass is 338 g/mol. The van der Waals surface area contributed by atoms with Crippen molar-refractivity contribution in [2.24, 2.45) is 5.92 Å².